The van der Waals surface area contributed by atoms with E-state index in [1.165, 1.54) is 0 Å². The largest absolute Gasteiger partial charge is 0.348 e. The first-order chi connectivity index (χ1) is 9.71. The van der Waals surface area contributed by atoms with E-state index in [4.69, 9.17) is 14.0 Å². The van der Waals surface area contributed by atoms with Crippen LogP contribution < -0.4 is 0 Å². The Bertz CT molecular complexity index is 433. The van der Waals surface area contributed by atoms with Crippen molar-refractivity contribution in [3.05, 3.63) is 11.7 Å². The van der Waals surface area contributed by atoms with Crippen LogP contribution in [0.3, 0.4) is 0 Å². The smallest absolute Gasteiger partial charge is 0.226 e. The van der Waals surface area contributed by atoms with E-state index in [0.29, 0.717) is 11.9 Å². The van der Waals surface area contributed by atoms with Crippen LogP contribution in [0.2, 0.25) is 0 Å². The maximum absolute atomic E-state index is 5.77. The van der Waals surface area contributed by atoms with Crippen molar-refractivity contribution in [2.24, 2.45) is 0 Å². The minimum absolute atomic E-state index is 0.279. The molecule has 2 fully saturated rings. The van der Waals surface area contributed by atoms with Gasteiger partial charge in [0, 0.05) is 25.3 Å². The molecule has 0 unspecified atom stereocenters. The van der Waals surface area contributed by atoms with Crippen LogP contribution in [-0.4, -0.2) is 47.1 Å². The van der Waals surface area contributed by atoms with Gasteiger partial charge in [0.15, 0.2) is 11.6 Å². The van der Waals surface area contributed by atoms with Crippen LogP contribution in [0.1, 0.15) is 44.3 Å². The van der Waals surface area contributed by atoms with Gasteiger partial charge in [-0.2, -0.15) is 4.98 Å². The molecule has 1 aliphatic carbocycles. The molecule has 0 amide bonds. The summed E-state index contributed by atoms with van der Waals surface area (Å²) < 4.78 is 16.7. The zero-order valence-electron chi connectivity index (χ0n) is 12.3. The summed E-state index contributed by atoms with van der Waals surface area (Å²) in [5.74, 6) is 1.21. The zero-order valence-corrected chi connectivity index (χ0v) is 12.3. The Hall–Kier alpha value is -0.980. The van der Waals surface area contributed by atoms with Crippen molar-refractivity contribution in [2.45, 2.75) is 57.4 Å². The fourth-order valence-electron chi connectivity index (χ4n) is 3.12. The van der Waals surface area contributed by atoms with E-state index >= 15 is 0 Å². The summed E-state index contributed by atoms with van der Waals surface area (Å²) in [6, 6.07) is 0.539. The summed E-state index contributed by atoms with van der Waals surface area (Å²) in [6.45, 7) is 4.23. The summed E-state index contributed by atoms with van der Waals surface area (Å²) in [6.07, 6.45) is 4.93. The fraction of sp³-hybridized carbons (Fsp3) is 0.857. The average molecular weight is 281 g/mol. The number of aryl methyl sites for hydroxylation is 1. The highest BCUT2D eigenvalue weighted by atomic mass is 16.7. The summed E-state index contributed by atoms with van der Waals surface area (Å²) in [7, 11) is 2.13. The van der Waals surface area contributed by atoms with E-state index < -0.39 is 0 Å². The molecular formula is C14H23N3O3. The molecule has 0 N–H and O–H groups in total. The van der Waals surface area contributed by atoms with Crippen molar-refractivity contribution in [1.82, 2.24) is 15.0 Å². The molecule has 0 bridgehead atoms. The molecule has 3 rings (SSSR count). The second kappa shape index (κ2) is 5.79. The first-order valence-corrected chi connectivity index (χ1v) is 7.50. The lowest BCUT2D eigenvalue weighted by Gasteiger charge is -2.38. The van der Waals surface area contributed by atoms with Crippen molar-refractivity contribution in [1.29, 1.82) is 0 Å². The normalized spacial score (nSPS) is 22.9. The van der Waals surface area contributed by atoms with Crippen LogP contribution in [0.4, 0.5) is 0 Å². The molecule has 1 aromatic rings. The molecule has 0 radical (unpaired) electrons. The van der Waals surface area contributed by atoms with Gasteiger partial charge >= 0.3 is 0 Å². The van der Waals surface area contributed by atoms with Gasteiger partial charge < -0.3 is 14.0 Å². The van der Waals surface area contributed by atoms with Crippen LogP contribution in [0.15, 0.2) is 4.52 Å². The zero-order chi connectivity index (χ0) is 14.0. The number of rotatable bonds is 4. The van der Waals surface area contributed by atoms with Gasteiger partial charge in [-0.05, 0) is 19.9 Å². The van der Waals surface area contributed by atoms with E-state index in [1.54, 1.807) is 0 Å². The maximum Gasteiger partial charge on any atom is 0.226 e. The molecule has 1 aromatic heterocycles. The summed E-state index contributed by atoms with van der Waals surface area (Å²) in [5, 5.41) is 4.02. The quantitative estimate of drug-likeness (QED) is 0.838. The third-order valence-electron chi connectivity index (χ3n) is 4.36. The molecule has 1 saturated heterocycles. The molecule has 6 nitrogen and oxygen atoms in total. The molecule has 1 saturated carbocycles. The lowest BCUT2D eigenvalue weighted by molar-refractivity contribution is -0.183. The first-order valence-electron chi connectivity index (χ1n) is 7.50. The monoisotopic (exact) mass is 281 g/mol. The van der Waals surface area contributed by atoms with Gasteiger partial charge in [0.05, 0.1) is 19.8 Å². The Morgan fingerprint density at radius 3 is 2.55 bits per heavy atom. The van der Waals surface area contributed by atoms with E-state index in [2.05, 4.69) is 22.1 Å². The van der Waals surface area contributed by atoms with Crippen LogP contribution in [0.5, 0.6) is 0 Å². The van der Waals surface area contributed by atoms with E-state index in [0.717, 1.165) is 57.7 Å². The van der Waals surface area contributed by atoms with E-state index in [9.17, 15) is 0 Å². The second-order valence-electron chi connectivity index (χ2n) is 5.71. The van der Waals surface area contributed by atoms with Crippen molar-refractivity contribution >= 4 is 0 Å². The van der Waals surface area contributed by atoms with Gasteiger partial charge in [-0.25, -0.2) is 0 Å². The van der Waals surface area contributed by atoms with Gasteiger partial charge in [0.2, 0.25) is 5.89 Å². The van der Waals surface area contributed by atoms with E-state index in [-0.39, 0.29) is 5.79 Å². The lowest BCUT2D eigenvalue weighted by atomic mass is 9.89. The third kappa shape index (κ3) is 2.87. The second-order valence-corrected chi connectivity index (χ2v) is 5.71. The highest BCUT2D eigenvalue weighted by Crippen LogP contribution is 2.37. The van der Waals surface area contributed by atoms with Crippen LogP contribution in [0, 0.1) is 0 Å². The topological polar surface area (TPSA) is 60.6 Å². The minimum Gasteiger partial charge on any atom is -0.348 e. The van der Waals surface area contributed by atoms with Crippen LogP contribution in [-0.2, 0) is 22.4 Å². The van der Waals surface area contributed by atoms with Crippen molar-refractivity contribution < 1.29 is 14.0 Å². The summed E-state index contributed by atoms with van der Waals surface area (Å²) in [5.41, 5.74) is 0. The van der Waals surface area contributed by atoms with Gasteiger partial charge in [0.25, 0.3) is 0 Å². The fourth-order valence-corrected chi connectivity index (χ4v) is 3.12. The Balaban J connectivity index is 1.52. The first kappa shape index (κ1) is 14.0. The Morgan fingerprint density at radius 1 is 1.25 bits per heavy atom. The Kier molecular flexibility index (Phi) is 4.05. The molecule has 2 aliphatic rings. The molecule has 0 aromatic carbocycles. The highest BCUT2D eigenvalue weighted by Gasteiger charge is 2.41. The van der Waals surface area contributed by atoms with Gasteiger partial charge in [-0.1, -0.05) is 12.1 Å². The molecule has 6 heteroatoms. The van der Waals surface area contributed by atoms with Crippen molar-refractivity contribution in [3.63, 3.8) is 0 Å². The number of hydrogen-bond acceptors (Lipinski definition) is 6. The number of nitrogens with zero attached hydrogens (tertiary/aromatic N) is 3. The number of aromatic nitrogens is 2. The van der Waals surface area contributed by atoms with Gasteiger partial charge in [-0.15, -0.1) is 0 Å². The predicted molar refractivity (Wildman–Crippen MR) is 72.0 cm³/mol. The predicted octanol–water partition coefficient (Wildman–Crippen LogP) is 1.75. The molecule has 0 atom stereocenters. The molecule has 20 heavy (non-hydrogen) atoms. The van der Waals surface area contributed by atoms with Gasteiger partial charge in [-0.3, -0.25) is 4.90 Å². The minimum atomic E-state index is -0.279. The lowest BCUT2D eigenvalue weighted by Crippen LogP contribution is -2.42. The van der Waals surface area contributed by atoms with Crippen molar-refractivity contribution in [3.8, 4) is 0 Å². The Morgan fingerprint density at radius 2 is 1.95 bits per heavy atom. The maximum atomic E-state index is 5.77. The number of ether oxygens (including phenoxy) is 2. The molecule has 112 valence electrons. The Labute approximate surface area is 119 Å². The van der Waals surface area contributed by atoms with E-state index in [1.807, 2.05) is 6.92 Å². The van der Waals surface area contributed by atoms with Crippen LogP contribution >= 0.6 is 0 Å². The van der Waals surface area contributed by atoms with Crippen molar-refractivity contribution in [2.75, 3.05) is 20.3 Å². The summed E-state index contributed by atoms with van der Waals surface area (Å²) in [4.78, 5) is 6.68. The standard InChI is InChI=1S/C14H23N3O3/c1-3-13-15-12(16-20-13)10-17(2)11-4-6-14(7-5-11)18-8-9-19-14/h11H,3-10H2,1-2H3. The van der Waals surface area contributed by atoms with Gasteiger partial charge in [0.1, 0.15) is 0 Å². The number of hydrogen-bond donors (Lipinski definition) is 0. The molecule has 1 spiro atoms. The third-order valence-corrected chi connectivity index (χ3v) is 4.36. The SMILES string of the molecule is CCc1nc(CN(C)C2CCC3(CC2)OCCO3)no1. The molecular weight excluding hydrogens is 258 g/mol. The van der Waals surface area contributed by atoms with Crippen LogP contribution in [0.25, 0.3) is 0 Å². The molecule has 1 aliphatic heterocycles. The highest BCUT2D eigenvalue weighted by molar-refractivity contribution is 4.90. The average Bonchev–Trinajstić information content (AvgIpc) is 3.09. The molecule has 2 heterocycles. The summed E-state index contributed by atoms with van der Waals surface area (Å²) >= 11 is 0.